The van der Waals surface area contributed by atoms with E-state index in [2.05, 4.69) is 20.7 Å². The first kappa shape index (κ1) is 10.2. The summed E-state index contributed by atoms with van der Waals surface area (Å²) in [5, 5.41) is 10.2. The third-order valence-corrected chi connectivity index (χ3v) is 1.84. The number of hydrazone groups is 1. The van der Waals surface area contributed by atoms with Gasteiger partial charge in [-0.05, 0) is 25.1 Å². The minimum atomic E-state index is -0.368. The van der Waals surface area contributed by atoms with Gasteiger partial charge in [0.15, 0.2) is 5.69 Å². The lowest BCUT2D eigenvalue weighted by atomic mass is 10.4. The van der Waals surface area contributed by atoms with Crippen LogP contribution in [0.2, 0.25) is 0 Å². The molecular weight excluding hydrogens is 208 g/mol. The van der Waals surface area contributed by atoms with Crippen LogP contribution in [0.4, 0.5) is 0 Å². The van der Waals surface area contributed by atoms with Gasteiger partial charge in [0.25, 0.3) is 5.91 Å². The highest BCUT2D eigenvalue weighted by atomic mass is 16.3. The number of nitrogens with one attached hydrogen (secondary N) is 2. The van der Waals surface area contributed by atoms with Crippen molar-refractivity contribution in [1.82, 2.24) is 15.6 Å². The van der Waals surface area contributed by atoms with Crippen molar-refractivity contribution < 1.29 is 9.21 Å². The molecule has 0 radical (unpaired) electrons. The van der Waals surface area contributed by atoms with E-state index in [1.54, 1.807) is 18.2 Å². The molecule has 0 saturated heterocycles. The molecule has 1 amide bonds. The minimum Gasteiger partial charge on any atom is -0.463 e. The number of aromatic amines is 1. The average Bonchev–Trinajstić information content (AvgIpc) is 2.89. The molecule has 0 unspecified atom stereocenters. The summed E-state index contributed by atoms with van der Waals surface area (Å²) in [5.74, 6) is 0.200. The van der Waals surface area contributed by atoms with Crippen LogP contribution in [0.3, 0.4) is 0 Å². The van der Waals surface area contributed by atoms with Crippen LogP contribution in [-0.4, -0.2) is 22.3 Å². The Morgan fingerprint density at radius 1 is 1.69 bits per heavy atom. The highest BCUT2D eigenvalue weighted by Crippen LogP contribution is 1.97. The second-order valence-electron chi connectivity index (χ2n) is 3.15. The number of nitrogens with zero attached hydrogens (tertiary/aromatic N) is 2. The summed E-state index contributed by atoms with van der Waals surface area (Å²) in [6.45, 7) is 1.82. The molecule has 2 aromatic heterocycles. The zero-order valence-electron chi connectivity index (χ0n) is 8.60. The number of carbonyl (C=O) groups is 1. The lowest BCUT2D eigenvalue weighted by Gasteiger charge is -1.92. The van der Waals surface area contributed by atoms with Gasteiger partial charge in [0, 0.05) is 5.69 Å². The number of aromatic nitrogens is 2. The fourth-order valence-electron chi connectivity index (χ4n) is 1.11. The molecule has 0 aliphatic carbocycles. The number of furan rings is 1. The Bertz CT molecular complexity index is 499. The first-order valence-electron chi connectivity index (χ1n) is 4.64. The summed E-state index contributed by atoms with van der Waals surface area (Å²) in [6.07, 6.45) is 2.94. The van der Waals surface area contributed by atoms with Gasteiger partial charge in [-0.1, -0.05) is 0 Å². The molecule has 6 heteroatoms. The maximum Gasteiger partial charge on any atom is 0.291 e. The van der Waals surface area contributed by atoms with Gasteiger partial charge in [-0.3, -0.25) is 9.89 Å². The highest BCUT2D eigenvalue weighted by Gasteiger charge is 2.07. The van der Waals surface area contributed by atoms with Gasteiger partial charge in [-0.15, -0.1) is 0 Å². The number of hydrogen-bond donors (Lipinski definition) is 2. The van der Waals surface area contributed by atoms with E-state index >= 15 is 0 Å². The fourth-order valence-corrected chi connectivity index (χ4v) is 1.11. The van der Waals surface area contributed by atoms with E-state index < -0.39 is 0 Å². The lowest BCUT2D eigenvalue weighted by Crippen LogP contribution is -2.17. The molecule has 16 heavy (non-hydrogen) atoms. The van der Waals surface area contributed by atoms with Crippen LogP contribution >= 0.6 is 0 Å². The third-order valence-electron chi connectivity index (χ3n) is 1.84. The first-order chi connectivity index (χ1) is 7.75. The van der Waals surface area contributed by atoms with Crippen molar-refractivity contribution in [3.63, 3.8) is 0 Å². The molecule has 0 aliphatic rings. The van der Waals surface area contributed by atoms with Crippen LogP contribution in [0.25, 0.3) is 0 Å². The zero-order chi connectivity index (χ0) is 11.4. The van der Waals surface area contributed by atoms with Crippen LogP contribution in [0.1, 0.15) is 21.9 Å². The molecule has 0 aromatic carbocycles. The highest BCUT2D eigenvalue weighted by molar-refractivity contribution is 5.92. The summed E-state index contributed by atoms with van der Waals surface area (Å²) >= 11 is 0. The van der Waals surface area contributed by atoms with E-state index in [4.69, 9.17) is 4.42 Å². The number of aryl methyl sites for hydroxylation is 1. The van der Waals surface area contributed by atoms with Gasteiger partial charge >= 0.3 is 0 Å². The molecule has 2 heterocycles. The van der Waals surface area contributed by atoms with Crippen LogP contribution in [-0.2, 0) is 0 Å². The number of H-pyrrole nitrogens is 1. The minimum absolute atomic E-state index is 0.300. The lowest BCUT2D eigenvalue weighted by molar-refractivity contribution is 0.0950. The van der Waals surface area contributed by atoms with Crippen LogP contribution in [0.15, 0.2) is 34.0 Å². The molecule has 0 bridgehead atoms. The van der Waals surface area contributed by atoms with Gasteiger partial charge in [-0.2, -0.15) is 10.2 Å². The van der Waals surface area contributed by atoms with E-state index in [0.717, 1.165) is 5.69 Å². The molecule has 2 aromatic rings. The second-order valence-corrected chi connectivity index (χ2v) is 3.15. The Hall–Kier alpha value is -2.37. The van der Waals surface area contributed by atoms with E-state index in [1.807, 2.05) is 6.92 Å². The molecule has 0 fully saturated rings. The first-order valence-corrected chi connectivity index (χ1v) is 4.64. The maximum absolute atomic E-state index is 11.4. The normalized spacial score (nSPS) is 10.8. The molecule has 82 valence electrons. The van der Waals surface area contributed by atoms with Crippen LogP contribution in [0.5, 0.6) is 0 Å². The van der Waals surface area contributed by atoms with Crippen molar-refractivity contribution in [2.75, 3.05) is 0 Å². The molecule has 2 N–H and O–H groups in total. The van der Waals surface area contributed by atoms with E-state index in [0.29, 0.717) is 11.5 Å². The van der Waals surface area contributed by atoms with Crippen LogP contribution < -0.4 is 5.43 Å². The smallest absolute Gasteiger partial charge is 0.291 e. The number of rotatable bonds is 3. The molecule has 2 rings (SSSR count). The Balaban J connectivity index is 1.94. The van der Waals surface area contributed by atoms with Crippen molar-refractivity contribution in [2.45, 2.75) is 6.92 Å². The molecule has 6 nitrogen and oxygen atoms in total. The van der Waals surface area contributed by atoms with E-state index in [9.17, 15) is 4.79 Å². The molecular formula is C10H10N4O2. The molecule has 0 saturated carbocycles. The average molecular weight is 218 g/mol. The van der Waals surface area contributed by atoms with Gasteiger partial charge in [0.05, 0.1) is 12.5 Å². The van der Waals surface area contributed by atoms with Gasteiger partial charge in [0.2, 0.25) is 0 Å². The van der Waals surface area contributed by atoms with Crippen molar-refractivity contribution in [1.29, 1.82) is 0 Å². The summed E-state index contributed by atoms with van der Waals surface area (Å²) in [7, 11) is 0. The third kappa shape index (κ3) is 2.35. The zero-order valence-corrected chi connectivity index (χ0v) is 8.60. The Labute approximate surface area is 91.4 Å². The standard InChI is InChI=1S/C10H10N4O2/c1-7-5-9(13-12-7)10(15)14-11-6-8-3-2-4-16-8/h2-6H,1H3,(H,12,13)(H,14,15). The number of carbonyl (C=O) groups excluding carboxylic acids is 1. The summed E-state index contributed by atoms with van der Waals surface area (Å²) in [6, 6.07) is 5.10. The van der Waals surface area contributed by atoms with Gasteiger partial charge in [0.1, 0.15) is 5.76 Å². The Kier molecular flexibility index (Phi) is 2.81. The van der Waals surface area contributed by atoms with Crippen molar-refractivity contribution in [3.8, 4) is 0 Å². The van der Waals surface area contributed by atoms with Gasteiger partial charge < -0.3 is 4.42 Å². The molecule has 0 aliphatic heterocycles. The number of amides is 1. The Morgan fingerprint density at radius 3 is 3.19 bits per heavy atom. The van der Waals surface area contributed by atoms with Crippen molar-refractivity contribution >= 4 is 12.1 Å². The predicted octanol–water partition coefficient (Wildman–Crippen LogP) is 1.08. The predicted molar refractivity (Wildman–Crippen MR) is 57.1 cm³/mol. The van der Waals surface area contributed by atoms with Crippen molar-refractivity contribution in [3.05, 3.63) is 41.6 Å². The van der Waals surface area contributed by atoms with E-state index in [1.165, 1.54) is 12.5 Å². The fraction of sp³-hybridized carbons (Fsp3) is 0.100. The van der Waals surface area contributed by atoms with Gasteiger partial charge in [-0.25, -0.2) is 5.43 Å². The van der Waals surface area contributed by atoms with Crippen LogP contribution in [0, 0.1) is 6.92 Å². The molecule has 0 atom stereocenters. The Morgan fingerprint density at radius 2 is 2.56 bits per heavy atom. The quantitative estimate of drug-likeness (QED) is 0.597. The topological polar surface area (TPSA) is 83.3 Å². The largest absolute Gasteiger partial charge is 0.463 e. The SMILES string of the molecule is Cc1cc(C(=O)NN=Cc2ccco2)n[nH]1. The summed E-state index contributed by atoms with van der Waals surface area (Å²) < 4.78 is 5.00. The molecule has 0 spiro atoms. The summed E-state index contributed by atoms with van der Waals surface area (Å²) in [5.41, 5.74) is 3.46. The second kappa shape index (κ2) is 4.43. The maximum atomic E-state index is 11.4. The monoisotopic (exact) mass is 218 g/mol. The summed E-state index contributed by atoms with van der Waals surface area (Å²) in [4.78, 5) is 11.4. The number of hydrogen-bond acceptors (Lipinski definition) is 4. The van der Waals surface area contributed by atoms with Crippen molar-refractivity contribution in [2.24, 2.45) is 5.10 Å². The van der Waals surface area contributed by atoms with E-state index in [-0.39, 0.29) is 5.91 Å².